The Balaban J connectivity index is 2.39. The highest BCUT2D eigenvalue weighted by Crippen LogP contribution is 2.13. The zero-order valence-electron chi connectivity index (χ0n) is 10.7. The van der Waals surface area contributed by atoms with Crippen molar-refractivity contribution in [2.24, 2.45) is 0 Å². The molecule has 2 unspecified atom stereocenters. The van der Waals surface area contributed by atoms with Crippen molar-refractivity contribution in [2.75, 3.05) is 33.3 Å². The number of ether oxygens (including phenoxy) is 1. The van der Waals surface area contributed by atoms with Crippen LogP contribution in [-0.4, -0.2) is 50.3 Å². The van der Waals surface area contributed by atoms with Gasteiger partial charge in [0.1, 0.15) is 0 Å². The third kappa shape index (κ3) is 4.24. The SMILES string of the molecule is C=CCCC(NC)C1CN(CCC)CCO1. The highest BCUT2D eigenvalue weighted by molar-refractivity contribution is 4.84. The first-order valence-electron chi connectivity index (χ1n) is 6.44. The molecule has 0 radical (unpaired) electrons. The van der Waals surface area contributed by atoms with Gasteiger partial charge in [-0.25, -0.2) is 0 Å². The van der Waals surface area contributed by atoms with Crippen LogP contribution in [0.25, 0.3) is 0 Å². The zero-order chi connectivity index (χ0) is 11.8. The summed E-state index contributed by atoms with van der Waals surface area (Å²) in [7, 11) is 2.02. The number of nitrogens with one attached hydrogen (secondary N) is 1. The van der Waals surface area contributed by atoms with E-state index in [0.717, 1.165) is 32.5 Å². The number of hydrogen-bond donors (Lipinski definition) is 1. The molecule has 3 nitrogen and oxygen atoms in total. The fraction of sp³-hybridized carbons (Fsp3) is 0.846. The van der Waals surface area contributed by atoms with Gasteiger partial charge in [0.05, 0.1) is 12.7 Å². The molecule has 1 aliphatic rings. The van der Waals surface area contributed by atoms with E-state index in [1.807, 2.05) is 13.1 Å². The molecule has 0 spiro atoms. The molecule has 1 saturated heterocycles. The second kappa shape index (κ2) is 7.82. The van der Waals surface area contributed by atoms with Crippen molar-refractivity contribution in [3.8, 4) is 0 Å². The van der Waals surface area contributed by atoms with Crippen LogP contribution in [-0.2, 0) is 4.74 Å². The number of morpholine rings is 1. The summed E-state index contributed by atoms with van der Waals surface area (Å²) in [6, 6.07) is 0.456. The smallest absolute Gasteiger partial charge is 0.0855 e. The summed E-state index contributed by atoms with van der Waals surface area (Å²) < 4.78 is 5.87. The summed E-state index contributed by atoms with van der Waals surface area (Å²) in [5.74, 6) is 0. The Kier molecular flexibility index (Phi) is 6.69. The lowest BCUT2D eigenvalue weighted by Crippen LogP contribution is -2.51. The first-order chi connectivity index (χ1) is 7.81. The molecule has 0 aromatic heterocycles. The van der Waals surface area contributed by atoms with Crippen molar-refractivity contribution in [2.45, 2.75) is 38.3 Å². The van der Waals surface area contributed by atoms with Crippen molar-refractivity contribution in [1.82, 2.24) is 10.2 Å². The van der Waals surface area contributed by atoms with Gasteiger partial charge in [0.2, 0.25) is 0 Å². The molecule has 0 aromatic rings. The van der Waals surface area contributed by atoms with E-state index in [1.165, 1.54) is 13.0 Å². The minimum absolute atomic E-state index is 0.338. The molecule has 0 aliphatic carbocycles. The van der Waals surface area contributed by atoms with Crippen LogP contribution in [0, 0.1) is 0 Å². The Morgan fingerprint density at radius 2 is 2.44 bits per heavy atom. The average molecular weight is 226 g/mol. The van der Waals surface area contributed by atoms with Crippen LogP contribution in [0.5, 0.6) is 0 Å². The molecule has 1 fully saturated rings. The van der Waals surface area contributed by atoms with Crippen LogP contribution in [0.2, 0.25) is 0 Å². The summed E-state index contributed by atoms with van der Waals surface area (Å²) in [5.41, 5.74) is 0. The number of nitrogens with zero attached hydrogens (tertiary/aromatic N) is 1. The Morgan fingerprint density at radius 3 is 3.06 bits per heavy atom. The maximum Gasteiger partial charge on any atom is 0.0855 e. The van der Waals surface area contributed by atoms with Gasteiger partial charge in [0, 0.05) is 19.1 Å². The summed E-state index contributed by atoms with van der Waals surface area (Å²) in [5, 5.41) is 3.37. The molecular formula is C13H26N2O. The highest BCUT2D eigenvalue weighted by atomic mass is 16.5. The quantitative estimate of drug-likeness (QED) is 0.668. The van der Waals surface area contributed by atoms with Gasteiger partial charge in [-0.2, -0.15) is 0 Å². The lowest BCUT2D eigenvalue weighted by molar-refractivity contribution is -0.0462. The second-order valence-corrected chi connectivity index (χ2v) is 4.47. The van der Waals surface area contributed by atoms with E-state index in [-0.39, 0.29) is 0 Å². The van der Waals surface area contributed by atoms with Gasteiger partial charge in [0.15, 0.2) is 0 Å². The molecule has 2 atom stereocenters. The van der Waals surface area contributed by atoms with Gasteiger partial charge in [-0.15, -0.1) is 6.58 Å². The lowest BCUT2D eigenvalue weighted by atomic mass is 10.0. The Labute approximate surface area is 99.8 Å². The molecule has 16 heavy (non-hydrogen) atoms. The molecule has 1 aliphatic heterocycles. The molecular weight excluding hydrogens is 200 g/mol. The number of likely N-dealkylation sites (N-methyl/N-ethyl adjacent to an activating group) is 1. The topological polar surface area (TPSA) is 24.5 Å². The maximum absolute atomic E-state index is 5.87. The van der Waals surface area contributed by atoms with Crippen molar-refractivity contribution < 1.29 is 4.74 Å². The molecule has 1 heterocycles. The van der Waals surface area contributed by atoms with Crippen LogP contribution in [0.4, 0.5) is 0 Å². The van der Waals surface area contributed by atoms with Gasteiger partial charge in [-0.1, -0.05) is 13.0 Å². The molecule has 94 valence electrons. The van der Waals surface area contributed by atoms with E-state index in [1.54, 1.807) is 0 Å². The van der Waals surface area contributed by atoms with E-state index in [9.17, 15) is 0 Å². The minimum atomic E-state index is 0.338. The second-order valence-electron chi connectivity index (χ2n) is 4.47. The van der Waals surface area contributed by atoms with Crippen molar-refractivity contribution in [3.63, 3.8) is 0 Å². The van der Waals surface area contributed by atoms with Gasteiger partial charge < -0.3 is 10.1 Å². The summed E-state index contributed by atoms with van der Waals surface area (Å²) in [6.07, 6.45) is 5.72. The minimum Gasteiger partial charge on any atom is -0.374 e. The molecule has 0 saturated carbocycles. The zero-order valence-corrected chi connectivity index (χ0v) is 10.7. The van der Waals surface area contributed by atoms with Crippen LogP contribution >= 0.6 is 0 Å². The number of hydrogen-bond acceptors (Lipinski definition) is 3. The van der Waals surface area contributed by atoms with Crippen molar-refractivity contribution >= 4 is 0 Å². The third-order valence-electron chi connectivity index (χ3n) is 3.22. The third-order valence-corrected chi connectivity index (χ3v) is 3.22. The highest BCUT2D eigenvalue weighted by Gasteiger charge is 2.26. The van der Waals surface area contributed by atoms with Crippen LogP contribution < -0.4 is 5.32 Å². The Morgan fingerprint density at radius 1 is 1.62 bits per heavy atom. The Bertz CT molecular complexity index is 194. The maximum atomic E-state index is 5.87. The van der Waals surface area contributed by atoms with E-state index in [0.29, 0.717) is 12.1 Å². The predicted molar refractivity (Wildman–Crippen MR) is 68.7 cm³/mol. The summed E-state index contributed by atoms with van der Waals surface area (Å²) in [6.45, 7) is 10.2. The molecule has 3 heteroatoms. The van der Waals surface area contributed by atoms with Crippen LogP contribution in [0.3, 0.4) is 0 Å². The fourth-order valence-corrected chi connectivity index (χ4v) is 2.31. The monoisotopic (exact) mass is 226 g/mol. The van der Waals surface area contributed by atoms with E-state index >= 15 is 0 Å². The Hall–Kier alpha value is -0.380. The van der Waals surface area contributed by atoms with Gasteiger partial charge in [-0.3, -0.25) is 4.90 Å². The van der Waals surface area contributed by atoms with E-state index < -0.39 is 0 Å². The van der Waals surface area contributed by atoms with Crippen LogP contribution in [0.1, 0.15) is 26.2 Å². The van der Waals surface area contributed by atoms with Gasteiger partial charge in [-0.05, 0) is 32.9 Å². The standard InChI is InChI=1S/C13H26N2O/c1-4-6-7-12(14-3)13-11-15(8-5-2)9-10-16-13/h4,12-14H,1,5-11H2,2-3H3. The molecule has 1 rings (SSSR count). The molecule has 1 N–H and O–H groups in total. The molecule has 0 bridgehead atoms. The van der Waals surface area contributed by atoms with E-state index in [4.69, 9.17) is 4.74 Å². The average Bonchev–Trinajstić information content (AvgIpc) is 2.31. The predicted octanol–water partition coefficient (Wildman–Crippen LogP) is 1.65. The van der Waals surface area contributed by atoms with Crippen molar-refractivity contribution in [1.29, 1.82) is 0 Å². The first-order valence-corrected chi connectivity index (χ1v) is 6.44. The largest absolute Gasteiger partial charge is 0.374 e. The fourth-order valence-electron chi connectivity index (χ4n) is 2.31. The van der Waals surface area contributed by atoms with Gasteiger partial charge >= 0.3 is 0 Å². The summed E-state index contributed by atoms with van der Waals surface area (Å²) >= 11 is 0. The summed E-state index contributed by atoms with van der Waals surface area (Å²) in [4.78, 5) is 2.51. The van der Waals surface area contributed by atoms with Crippen LogP contribution in [0.15, 0.2) is 12.7 Å². The number of allylic oxidation sites excluding steroid dienone is 1. The van der Waals surface area contributed by atoms with Crippen molar-refractivity contribution in [3.05, 3.63) is 12.7 Å². The molecule has 0 amide bonds. The molecule has 0 aromatic carbocycles. The van der Waals surface area contributed by atoms with E-state index in [2.05, 4.69) is 23.7 Å². The first kappa shape index (κ1) is 13.7. The normalized spacial score (nSPS) is 24.2. The van der Waals surface area contributed by atoms with Gasteiger partial charge in [0.25, 0.3) is 0 Å². The lowest BCUT2D eigenvalue weighted by Gasteiger charge is -2.36. The number of rotatable bonds is 7.